The number of methoxy groups -OCH3 is 1. The van der Waals surface area contributed by atoms with Gasteiger partial charge in [0.1, 0.15) is 0 Å². The first kappa shape index (κ1) is 11.9. The fourth-order valence-electron chi connectivity index (χ4n) is 1.92. The van der Waals surface area contributed by atoms with E-state index in [1.165, 1.54) is 12.8 Å². The van der Waals surface area contributed by atoms with Crippen molar-refractivity contribution in [2.24, 2.45) is 5.92 Å². The highest BCUT2D eigenvalue weighted by atomic mass is 16.5. The monoisotopic (exact) mass is 260 g/mol. The second-order valence-corrected chi connectivity index (χ2v) is 4.71. The number of hydrogen-bond acceptors (Lipinski definition) is 5. The lowest BCUT2D eigenvalue weighted by molar-refractivity contribution is 0.280. The predicted molar refractivity (Wildman–Crippen MR) is 71.1 cm³/mol. The van der Waals surface area contributed by atoms with E-state index in [1.807, 2.05) is 18.2 Å². The van der Waals surface area contributed by atoms with Crippen molar-refractivity contribution in [1.82, 2.24) is 5.16 Å². The number of ether oxygens (including phenoxy) is 2. The van der Waals surface area contributed by atoms with E-state index < -0.39 is 0 Å². The summed E-state index contributed by atoms with van der Waals surface area (Å²) in [5.41, 5.74) is 6.40. The normalized spacial score (nSPS) is 14.4. The first-order chi connectivity index (χ1) is 9.28. The Bertz CT molecular complexity index is 576. The molecule has 0 bridgehead atoms. The number of anilines is 1. The number of hydrogen-bond donors (Lipinski definition) is 1. The predicted octanol–water partition coefficient (Wildman–Crippen LogP) is 2.72. The summed E-state index contributed by atoms with van der Waals surface area (Å²) in [6.45, 7) is 0.705. The van der Waals surface area contributed by atoms with E-state index >= 15 is 0 Å². The molecule has 5 heteroatoms. The van der Waals surface area contributed by atoms with Gasteiger partial charge >= 0.3 is 0 Å². The third kappa shape index (κ3) is 2.50. The standard InChI is InChI=1S/C14H16N2O3/c1-17-11-4-2-3-10(12-7-13(15)16-19-12)14(11)18-8-9-5-6-9/h2-4,7,9H,5-6,8H2,1H3,(H2,15,16). The van der Waals surface area contributed by atoms with E-state index in [2.05, 4.69) is 5.16 Å². The number of nitrogens with two attached hydrogens (primary N) is 1. The van der Waals surface area contributed by atoms with Gasteiger partial charge in [-0.3, -0.25) is 0 Å². The van der Waals surface area contributed by atoms with Crippen LogP contribution in [0.3, 0.4) is 0 Å². The molecule has 0 amide bonds. The van der Waals surface area contributed by atoms with Crippen molar-refractivity contribution in [3.05, 3.63) is 24.3 Å². The van der Waals surface area contributed by atoms with Crippen LogP contribution in [0.4, 0.5) is 5.82 Å². The van der Waals surface area contributed by atoms with Gasteiger partial charge in [0, 0.05) is 6.07 Å². The van der Waals surface area contributed by atoms with Crippen LogP contribution < -0.4 is 15.2 Å². The van der Waals surface area contributed by atoms with Crippen molar-refractivity contribution < 1.29 is 14.0 Å². The van der Waals surface area contributed by atoms with Gasteiger partial charge in [0.15, 0.2) is 23.1 Å². The Morgan fingerprint density at radius 2 is 2.26 bits per heavy atom. The lowest BCUT2D eigenvalue weighted by Crippen LogP contribution is -2.02. The molecule has 0 atom stereocenters. The van der Waals surface area contributed by atoms with Gasteiger partial charge in [0.05, 0.1) is 19.3 Å². The SMILES string of the molecule is COc1cccc(-c2cc(N)no2)c1OCC1CC1. The van der Waals surface area contributed by atoms with Crippen molar-refractivity contribution in [2.45, 2.75) is 12.8 Å². The molecule has 1 aliphatic rings. The maximum atomic E-state index is 5.89. The van der Waals surface area contributed by atoms with Crippen LogP contribution in [-0.2, 0) is 0 Å². The average Bonchev–Trinajstić information content (AvgIpc) is 3.16. The Kier molecular flexibility index (Phi) is 3.03. The zero-order valence-electron chi connectivity index (χ0n) is 10.8. The molecule has 2 N–H and O–H groups in total. The van der Waals surface area contributed by atoms with Crippen molar-refractivity contribution in [3.63, 3.8) is 0 Å². The van der Waals surface area contributed by atoms with Crippen molar-refractivity contribution >= 4 is 5.82 Å². The molecule has 0 unspecified atom stereocenters. The summed E-state index contributed by atoms with van der Waals surface area (Å²) in [6.07, 6.45) is 2.47. The summed E-state index contributed by atoms with van der Waals surface area (Å²) in [7, 11) is 1.62. The summed E-state index contributed by atoms with van der Waals surface area (Å²) < 4.78 is 16.4. The van der Waals surface area contributed by atoms with E-state index in [-0.39, 0.29) is 0 Å². The van der Waals surface area contributed by atoms with Gasteiger partial charge in [-0.2, -0.15) is 0 Å². The van der Waals surface area contributed by atoms with Gasteiger partial charge in [-0.15, -0.1) is 0 Å². The highest BCUT2D eigenvalue weighted by Crippen LogP contribution is 2.40. The van der Waals surface area contributed by atoms with E-state index in [4.69, 9.17) is 19.7 Å². The summed E-state index contributed by atoms with van der Waals surface area (Å²) in [6, 6.07) is 7.34. The molecule has 1 aromatic carbocycles. The van der Waals surface area contributed by atoms with Gasteiger partial charge < -0.3 is 19.7 Å². The maximum absolute atomic E-state index is 5.89. The topological polar surface area (TPSA) is 70.5 Å². The third-order valence-corrected chi connectivity index (χ3v) is 3.15. The zero-order chi connectivity index (χ0) is 13.2. The first-order valence-corrected chi connectivity index (χ1v) is 6.30. The molecule has 1 fully saturated rings. The van der Waals surface area contributed by atoms with E-state index in [0.717, 1.165) is 5.56 Å². The van der Waals surface area contributed by atoms with Crippen LogP contribution in [-0.4, -0.2) is 18.9 Å². The minimum absolute atomic E-state index is 0.353. The number of benzene rings is 1. The molecular weight excluding hydrogens is 244 g/mol. The lowest BCUT2D eigenvalue weighted by atomic mass is 10.1. The summed E-state index contributed by atoms with van der Waals surface area (Å²) in [5, 5.41) is 3.70. The molecule has 1 saturated carbocycles. The van der Waals surface area contributed by atoms with Crippen LogP contribution in [0.2, 0.25) is 0 Å². The van der Waals surface area contributed by atoms with Crippen molar-refractivity contribution in [1.29, 1.82) is 0 Å². The van der Waals surface area contributed by atoms with Gasteiger partial charge in [-0.25, -0.2) is 0 Å². The molecule has 1 aliphatic carbocycles. The molecule has 0 aliphatic heterocycles. The largest absolute Gasteiger partial charge is 0.493 e. The second-order valence-electron chi connectivity index (χ2n) is 4.71. The maximum Gasteiger partial charge on any atom is 0.172 e. The minimum Gasteiger partial charge on any atom is -0.493 e. The number of nitrogens with zero attached hydrogens (tertiary/aromatic N) is 1. The summed E-state index contributed by atoms with van der Waals surface area (Å²) >= 11 is 0. The molecule has 3 rings (SSSR count). The number of nitrogen functional groups attached to an aromatic ring is 1. The molecule has 0 saturated heterocycles. The summed E-state index contributed by atoms with van der Waals surface area (Å²) in [4.78, 5) is 0. The number of para-hydroxylation sites is 1. The first-order valence-electron chi connectivity index (χ1n) is 6.30. The highest BCUT2D eigenvalue weighted by molar-refractivity contribution is 5.71. The fourth-order valence-corrected chi connectivity index (χ4v) is 1.92. The molecule has 0 spiro atoms. The summed E-state index contributed by atoms with van der Waals surface area (Å²) in [5.74, 6) is 2.98. The Morgan fingerprint density at radius 1 is 1.42 bits per heavy atom. The molecule has 100 valence electrons. The van der Waals surface area contributed by atoms with Crippen molar-refractivity contribution in [2.75, 3.05) is 19.5 Å². The number of aromatic nitrogens is 1. The smallest absolute Gasteiger partial charge is 0.172 e. The molecule has 1 aromatic heterocycles. The van der Waals surface area contributed by atoms with Gasteiger partial charge in [-0.1, -0.05) is 11.2 Å². The third-order valence-electron chi connectivity index (χ3n) is 3.15. The lowest BCUT2D eigenvalue weighted by Gasteiger charge is -2.13. The Balaban J connectivity index is 1.96. The molecule has 1 heterocycles. The highest BCUT2D eigenvalue weighted by Gasteiger charge is 2.24. The Labute approximate surface area is 111 Å². The van der Waals surface area contributed by atoms with E-state index in [1.54, 1.807) is 13.2 Å². The van der Waals surface area contributed by atoms with Crippen LogP contribution in [0.25, 0.3) is 11.3 Å². The van der Waals surface area contributed by atoms with Gasteiger partial charge in [-0.05, 0) is 30.9 Å². The van der Waals surface area contributed by atoms with Crippen LogP contribution in [0.15, 0.2) is 28.8 Å². The minimum atomic E-state index is 0.353. The van der Waals surface area contributed by atoms with E-state index in [0.29, 0.717) is 35.6 Å². The quantitative estimate of drug-likeness (QED) is 0.895. The zero-order valence-corrected chi connectivity index (χ0v) is 10.8. The second kappa shape index (κ2) is 4.84. The van der Waals surface area contributed by atoms with E-state index in [9.17, 15) is 0 Å². The fraction of sp³-hybridized carbons (Fsp3) is 0.357. The number of rotatable bonds is 5. The van der Waals surface area contributed by atoms with Gasteiger partial charge in [0.25, 0.3) is 0 Å². The van der Waals surface area contributed by atoms with Crippen LogP contribution in [0.1, 0.15) is 12.8 Å². The van der Waals surface area contributed by atoms with Crippen molar-refractivity contribution in [3.8, 4) is 22.8 Å². The van der Waals surface area contributed by atoms with Gasteiger partial charge in [0.2, 0.25) is 0 Å². The molecule has 2 aromatic rings. The molecule has 5 nitrogen and oxygen atoms in total. The Morgan fingerprint density at radius 3 is 2.89 bits per heavy atom. The van der Waals surface area contributed by atoms with Crippen LogP contribution in [0, 0.1) is 5.92 Å². The van der Waals surface area contributed by atoms with Crippen LogP contribution >= 0.6 is 0 Å². The molecular formula is C14H16N2O3. The average molecular weight is 260 g/mol. The molecule has 19 heavy (non-hydrogen) atoms. The molecule has 0 radical (unpaired) electrons. The van der Waals surface area contributed by atoms with Crippen LogP contribution in [0.5, 0.6) is 11.5 Å². The Hall–Kier alpha value is -2.17.